The number of nitrogens with two attached hydrogens (primary N) is 1. The maximum atomic E-state index is 11.1. The highest BCUT2D eigenvalue weighted by Crippen LogP contribution is 2.28. The zero-order valence-electron chi connectivity index (χ0n) is 7.33. The van der Waals surface area contributed by atoms with Gasteiger partial charge < -0.3 is 16.0 Å². The molecular weight excluding hydrogens is 156 g/mol. The molecule has 0 bridgehead atoms. The van der Waals surface area contributed by atoms with Crippen molar-refractivity contribution < 1.29 is 4.79 Å². The molecule has 0 radical (unpaired) electrons. The van der Waals surface area contributed by atoms with Crippen LogP contribution in [-0.2, 0) is 4.79 Å². The first kappa shape index (κ1) is 9.22. The highest BCUT2D eigenvalue weighted by molar-refractivity contribution is 5.92. The molecule has 1 unspecified atom stereocenters. The number of allylic oxidation sites excluding steroid dienone is 1. The molecule has 0 amide bonds. The van der Waals surface area contributed by atoms with Crippen molar-refractivity contribution in [2.24, 2.45) is 5.73 Å². The average Bonchev–Trinajstić information content (AvgIpc) is 1.82. The van der Waals surface area contributed by atoms with Crippen molar-refractivity contribution in [2.45, 2.75) is 25.3 Å². The first-order valence-electron chi connectivity index (χ1n) is 3.84. The lowest BCUT2D eigenvalue weighted by Gasteiger charge is -2.45. The SMILES string of the molecule is CN([O-])C1(C)CC(=O)C=C(N)C1. The first-order valence-corrected chi connectivity index (χ1v) is 3.84. The van der Waals surface area contributed by atoms with Crippen LogP contribution in [0.2, 0.25) is 0 Å². The minimum absolute atomic E-state index is 0.0658. The molecule has 0 heterocycles. The summed E-state index contributed by atoms with van der Waals surface area (Å²) in [6, 6.07) is 0. The van der Waals surface area contributed by atoms with Gasteiger partial charge in [-0.05, 0) is 20.0 Å². The van der Waals surface area contributed by atoms with Gasteiger partial charge in [0.15, 0.2) is 5.78 Å². The monoisotopic (exact) mass is 169 g/mol. The molecule has 4 nitrogen and oxygen atoms in total. The lowest BCUT2D eigenvalue weighted by molar-refractivity contribution is -0.117. The van der Waals surface area contributed by atoms with Gasteiger partial charge in [-0.1, -0.05) is 0 Å². The second-order valence-corrected chi connectivity index (χ2v) is 3.53. The van der Waals surface area contributed by atoms with Crippen molar-refractivity contribution in [1.29, 1.82) is 0 Å². The fraction of sp³-hybridized carbons (Fsp3) is 0.625. The van der Waals surface area contributed by atoms with Gasteiger partial charge in [-0.25, -0.2) is 0 Å². The Labute approximate surface area is 71.6 Å². The molecule has 1 atom stereocenters. The Morgan fingerprint density at radius 3 is 2.67 bits per heavy atom. The zero-order chi connectivity index (χ0) is 9.35. The molecule has 1 aliphatic rings. The average molecular weight is 169 g/mol. The quantitative estimate of drug-likeness (QED) is 0.576. The Bertz CT molecular complexity index is 235. The van der Waals surface area contributed by atoms with Gasteiger partial charge in [-0.2, -0.15) is 0 Å². The van der Waals surface area contributed by atoms with E-state index in [9.17, 15) is 10.0 Å². The van der Waals surface area contributed by atoms with Crippen LogP contribution in [0.4, 0.5) is 0 Å². The van der Waals surface area contributed by atoms with Crippen LogP contribution in [0.25, 0.3) is 0 Å². The van der Waals surface area contributed by atoms with Gasteiger partial charge >= 0.3 is 0 Å². The summed E-state index contributed by atoms with van der Waals surface area (Å²) in [7, 11) is 1.42. The van der Waals surface area contributed by atoms with Crippen molar-refractivity contribution in [2.75, 3.05) is 7.05 Å². The van der Waals surface area contributed by atoms with Gasteiger partial charge in [0.2, 0.25) is 0 Å². The van der Waals surface area contributed by atoms with Gasteiger partial charge in [-0.15, -0.1) is 0 Å². The predicted molar refractivity (Wildman–Crippen MR) is 46.0 cm³/mol. The summed E-state index contributed by atoms with van der Waals surface area (Å²) in [5.41, 5.74) is 5.37. The van der Waals surface area contributed by atoms with E-state index in [2.05, 4.69) is 0 Å². The van der Waals surface area contributed by atoms with Gasteiger partial charge in [0.25, 0.3) is 0 Å². The standard InChI is InChI=1S/C8H13N2O2/c1-8(10(2)12)4-6(9)3-7(11)5-8/h3H,4-5,9H2,1-2H3/q-1. The normalized spacial score (nSPS) is 30.7. The molecule has 68 valence electrons. The van der Waals surface area contributed by atoms with Crippen LogP contribution in [0.1, 0.15) is 19.8 Å². The minimum Gasteiger partial charge on any atom is -0.785 e. The largest absolute Gasteiger partial charge is 0.785 e. The van der Waals surface area contributed by atoms with E-state index in [1.54, 1.807) is 6.92 Å². The summed E-state index contributed by atoms with van der Waals surface area (Å²) < 4.78 is 0. The molecule has 0 aromatic carbocycles. The van der Waals surface area contributed by atoms with Crippen LogP contribution in [0, 0.1) is 5.21 Å². The Morgan fingerprint density at radius 2 is 2.25 bits per heavy atom. The molecule has 4 heteroatoms. The lowest BCUT2D eigenvalue weighted by Crippen LogP contribution is -2.45. The highest BCUT2D eigenvalue weighted by atomic mass is 16.5. The molecular formula is C8H13N2O2-. The maximum Gasteiger partial charge on any atom is 0.159 e. The number of carbonyl (C=O) groups is 1. The Kier molecular flexibility index (Phi) is 2.21. The maximum absolute atomic E-state index is 11.1. The fourth-order valence-electron chi connectivity index (χ4n) is 1.41. The molecule has 0 saturated heterocycles. The number of ketones is 1. The van der Waals surface area contributed by atoms with E-state index in [1.807, 2.05) is 0 Å². The Hall–Kier alpha value is -0.870. The van der Waals surface area contributed by atoms with Crippen molar-refractivity contribution in [3.63, 3.8) is 0 Å². The van der Waals surface area contributed by atoms with Crippen LogP contribution in [-0.4, -0.2) is 23.4 Å². The molecule has 0 aromatic rings. The molecule has 0 spiro atoms. The van der Waals surface area contributed by atoms with Crippen LogP contribution >= 0.6 is 0 Å². The minimum atomic E-state index is -0.643. The third-order valence-electron chi connectivity index (χ3n) is 2.25. The number of hydroxylamine groups is 2. The summed E-state index contributed by atoms with van der Waals surface area (Å²) in [4.78, 5) is 11.1. The molecule has 0 saturated carbocycles. The van der Waals surface area contributed by atoms with E-state index >= 15 is 0 Å². The molecule has 12 heavy (non-hydrogen) atoms. The molecule has 0 aliphatic heterocycles. The smallest absolute Gasteiger partial charge is 0.159 e. The third kappa shape index (κ3) is 1.65. The number of hydrogen-bond donors (Lipinski definition) is 1. The molecule has 0 fully saturated rings. The summed E-state index contributed by atoms with van der Waals surface area (Å²) in [5, 5.41) is 11.9. The molecule has 0 aromatic heterocycles. The highest BCUT2D eigenvalue weighted by Gasteiger charge is 2.30. The number of carbonyl (C=O) groups excluding carboxylic acids is 1. The summed E-state index contributed by atoms with van der Waals surface area (Å²) in [6.45, 7) is 1.75. The topological polar surface area (TPSA) is 69.4 Å². The van der Waals surface area contributed by atoms with Gasteiger partial charge in [0.1, 0.15) is 0 Å². The molecule has 1 aliphatic carbocycles. The van der Waals surface area contributed by atoms with Crippen LogP contribution in [0.15, 0.2) is 11.8 Å². The van der Waals surface area contributed by atoms with Gasteiger partial charge in [0.05, 0.1) is 0 Å². The van der Waals surface area contributed by atoms with Gasteiger partial charge in [-0.3, -0.25) is 4.79 Å². The number of hydrogen-bond acceptors (Lipinski definition) is 4. The van der Waals surface area contributed by atoms with E-state index in [0.29, 0.717) is 12.1 Å². The number of nitrogens with zero attached hydrogens (tertiary/aromatic N) is 1. The summed E-state index contributed by atoms with van der Waals surface area (Å²) >= 11 is 0. The first-order chi connectivity index (χ1) is 5.44. The Morgan fingerprint density at radius 1 is 1.67 bits per heavy atom. The zero-order valence-corrected chi connectivity index (χ0v) is 7.33. The van der Waals surface area contributed by atoms with Gasteiger partial charge in [0, 0.05) is 24.1 Å². The van der Waals surface area contributed by atoms with Crippen LogP contribution in [0.5, 0.6) is 0 Å². The summed E-state index contributed by atoms with van der Waals surface area (Å²) in [5.74, 6) is -0.0658. The van der Waals surface area contributed by atoms with E-state index in [-0.39, 0.29) is 12.2 Å². The molecule has 2 N–H and O–H groups in total. The van der Waals surface area contributed by atoms with Crippen molar-refractivity contribution >= 4 is 5.78 Å². The third-order valence-corrected chi connectivity index (χ3v) is 2.25. The number of rotatable bonds is 1. The van der Waals surface area contributed by atoms with Crippen molar-refractivity contribution in [1.82, 2.24) is 5.06 Å². The van der Waals surface area contributed by atoms with E-state index in [0.717, 1.165) is 5.06 Å². The molecule has 1 rings (SSSR count). The Balaban J connectivity index is 2.85. The van der Waals surface area contributed by atoms with Crippen molar-refractivity contribution in [3.05, 3.63) is 17.0 Å². The van der Waals surface area contributed by atoms with Crippen molar-refractivity contribution in [3.8, 4) is 0 Å². The van der Waals surface area contributed by atoms with Crippen LogP contribution < -0.4 is 5.73 Å². The van der Waals surface area contributed by atoms with E-state index in [4.69, 9.17) is 5.73 Å². The lowest BCUT2D eigenvalue weighted by atomic mass is 9.85. The van der Waals surface area contributed by atoms with E-state index < -0.39 is 5.54 Å². The van der Waals surface area contributed by atoms with Crippen LogP contribution in [0.3, 0.4) is 0 Å². The predicted octanol–water partition coefficient (Wildman–Crippen LogP) is 0.380. The second-order valence-electron chi connectivity index (χ2n) is 3.53. The van der Waals surface area contributed by atoms with E-state index in [1.165, 1.54) is 13.1 Å². The fourth-order valence-corrected chi connectivity index (χ4v) is 1.41. The second kappa shape index (κ2) is 2.88. The summed E-state index contributed by atoms with van der Waals surface area (Å²) in [6.07, 6.45) is 2.14.